The maximum atomic E-state index is 11.3. The standard InChI is InChI=1S/C35H51NO4/c1-5-6-7-10-27-22-40-33(36-27)35(18-19-35)32(39)16-11-23(2)29-14-15-30-25(9-8-17-34(29,30)4)12-13-26-20-28(37)21-31(38)24(26)3/h11-13,16,22-23,28-32,37-39H,3,5-10,14-15,17-21H2,1-2,4H3/t23-,28+,29+,30-,31-,32+,34+/m0/s1. The van der Waals surface area contributed by atoms with Crippen LogP contribution >= 0.6 is 0 Å². The summed E-state index contributed by atoms with van der Waals surface area (Å²) in [7, 11) is 0. The molecule has 40 heavy (non-hydrogen) atoms. The number of hydrogen-bond acceptors (Lipinski definition) is 5. The molecule has 5 nitrogen and oxygen atoms in total. The third kappa shape index (κ3) is 5.84. The van der Waals surface area contributed by atoms with Gasteiger partial charge in [0.2, 0.25) is 5.89 Å². The van der Waals surface area contributed by atoms with Gasteiger partial charge in [0.05, 0.1) is 29.4 Å². The predicted molar refractivity (Wildman–Crippen MR) is 160 cm³/mol. The van der Waals surface area contributed by atoms with Crippen LogP contribution in [-0.2, 0) is 11.8 Å². The van der Waals surface area contributed by atoms with Crippen LogP contribution in [0.3, 0.4) is 0 Å². The van der Waals surface area contributed by atoms with Gasteiger partial charge in [0.15, 0.2) is 0 Å². The summed E-state index contributed by atoms with van der Waals surface area (Å²) in [6, 6.07) is 0. The first kappa shape index (κ1) is 29.5. The molecule has 0 amide bonds. The van der Waals surface area contributed by atoms with Crippen LogP contribution in [0.1, 0.15) is 109 Å². The Hall–Kier alpha value is -1.95. The summed E-state index contributed by atoms with van der Waals surface area (Å²) in [6.45, 7) is 11.1. The highest BCUT2D eigenvalue weighted by Gasteiger charge is 2.54. The first-order valence-corrected chi connectivity index (χ1v) is 15.9. The summed E-state index contributed by atoms with van der Waals surface area (Å²) >= 11 is 0. The minimum Gasteiger partial charge on any atom is -0.448 e. The fourth-order valence-corrected chi connectivity index (χ4v) is 8.18. The van der Waals surface area contributed by atoms with Crippen molar-refractivity contribution in [2.45, 2.75) is 128 Å². The third-order valence-corrected chi connectivity index (χ3v) is 10.9. The molecular formula is C35H51NO4. The Balaban J connectivity index is 1.24. The largest absolute Gasteiger partial charge is 0.448 e. The van der Waals surface area contributed by atoms with Crippen molar-refractivity contribution in [2.75, 3.05) is 0 Å². The topological polar surface area (TPSA) is 86.7 Å². The Morgan fingerprint density at radius 3 is 2.70 bits per heavy atom. The zero-order valence-electron chi connectivity index (χ0n) is 24.9. The van der Waals surface area contributed by atoms with Gasteiger partial charge in [-0.3, -0.25) is 0 Å². The van der Waals surface area contributed by atoms with E-state index >= 15 is 0 Å². The van der Waals surface area contributed by atoms with Crippen molar-refractivity contribution in [1.29, 1.82) is 0 Å². The van der Waals surface area contributed by atoms with Crippen LogP contribution in [-0.4, -0.2) is 38.6 Å². The number of hydrogen-bond donors (Lipinski definition) is 3. The minimum atomic E-state index is -0.643. The van der Waals surface area contributed by atoms with Gasteiger partial charge >= 0.3 is 0 Å². The van der Waals surface area contributed by atoms with Crippen molar-refractivity contribution in [2.24, 2.45) is 23.2 Å². The molecule has 0 bridgehead atoms. The van der Waals surface area contributed by atoms with E-state index in [4.69, 9.17) is 9.40 Å². The van der Waals surface area contributed by atoms with Crippen LogP contribution in [0.4, 0.5) is 0 Å². The average Bonchev–Trinajstić information content (AvgIpc) is 3.46. The molecule has 220 valence electrons. The Morgan fingerprint density at radius 1 is 1.15 bits per heavy atom. The lowest BCUT2D eigenvalue weighted by atomic mass is 9.61. The maximum Gasteiger partial charge on any atom is 0.203 e. The SMILES string of the molecule is C=C1C(=CC=C2CCC[C@]3(C)[C@@H]([C@@H](C)C=C[C@@H](O)C4(c5nc(CCCCC)co5)CC4)CC[C@@H]23)C[C@@H](O)C[C@@H]1O. The highest BCUT2D eigenvalue weighted by molar-refractivity contribution is 5.38. The molecule has 0 aromatic carbocycles. The number of allylic oxidation sites excluding steroid dienone is 4. The van der Waals surface area contributed by atoms with Crippen molar-refractivity contribution < 1.29 is 19.7 Å². The molecule has 1 aromatic heterocycles. The summed E-state index contributed by atoms with van der Waals surface area (Å²) in [4.78, 5) is 4.77. The van der Waals surface area contributed by atoms with Crippen LogP contribution in [0.5, 0.6) is 0 Å². The normalized spacial score (nSPS) is 35.4. The number of aromatic nitrogens is 1. The van der Waals surface area contributed by atoms with Crippen molar-refractivity contribution in [3.63, 3.8) is 0 Å². The molecule has 3 N–H and O–H groups in total. The van der Waals surface area contributed by atoms with Gasteiger partial charge in [-0.15, -0.1) is 0 Å². The van der Waals surface area contributed by atoms with Gasteiger partial charge in [-0.05, 0) is 98.5 Å². The van der Waals surface area contributed by atoms with Gasteiger partial charge in [-0.2, -0.15) is 0 Å². The van der Waals surface area contributed by atoms with E-state index in [-0.39, 0.29) is 10.8 Å². The Bertz CT molecular complexity index is 1140. The molecule has 0 radical (unpaired) electrons. The van der Waals surface area contributed by atoms with Gasteiger partial charge in [-0.25, -0.2) is 4.98 Å². The molecular weight excluding hydrogens is 498 g/mol. The predicted octanol–water partition coefficient (Wildman–Crippen LogP) is 7.13. The first-order valence-electron chi connectivity index (χ1n) is 15.9. The summed E-state index contributed by atoms with van der Waals surface area (Å²) in [6.07, 6.45) is 22.0. The second kappa shape index (κ2) is 12.1. The third-order valence-electron chi connectivity index (χ3n) is 10.9. The van der Waals surface area contributed by atoms with Gasteiger partial charge in [-0.1, -0.05) is 70.1 Å². The Kier molecular flexibility index (Phi) is 8.94. The lowest BCUT2D eigenvalue weighted by Crippen LogP contribution is -2.35. The smallest absolute Gasteiger partial charge is 0.203 e. The molecule has 4 aliphatic rings. The van der Waals surface area contributed by atoms with E-state index in [1.807, 2.05) is 6.08 Å². The molecule has 0 spiro atoms. The number of unbranched alkanes of at least 4 members (excludes halogenated alkanes) is 2. The van der Waals surface area contributed by atoms with Crippen molar-refractivity contribution >= 4 is 0 Å². The molecule has 4 aliphatic carbocycles. The van der Waals surface area contributed by atoms with E-state index in [1.165, 1.54) is 44.1 Å². The molecule has 0 unspecified atom stereocenters. The summed E-state index contributed by atoms with van der Waals surface area (Å²) in [5.41, 5.74) is 4.17. The fourth-order valence-electron chi connectivity index (χ4n) is 8.18. The van der Waals surface area contributed by atoms with E-state index in [0.717, 1.165) is 48.9 Å². The Morgan fingerprint density at radius 2 is 1.95 bits per heavy atom. The lowest BCUT2D eigenvalue weighted by molar-refractivity contribution is 0.0862. The quantitative estimate of drug-likeness (QED) is 0.213. The van der Waals surface area contributed by atoms with Crippen LogP contribution in [0.25, 0.3) is 0 Å². The molecule has 4 fully saturated rings. The van der Waals surface area contributed by atoms with E-state index in [2.05, 4.69) is 45.6 Å². The van der Waals surface area contributed by atoms with E-state index < -0.39 is 18.3 Å². The number of oxazole rings is 1. The number of rotatable bonds is 10. The van der Waals surface area contributed by atoms with E-state index in [9.17, 15) is 15.3 Å². The molecule has 1 aromatic rings. The molecule has 7 atom stereocenters. The molecule has 4 saturated carbocycles. The second-order valence-corrected chi connectivity index (χ2v) is 13.6. The number of aliphatic hydroxyl groups is 3. The summed E-state index contributed by atoms with van der Waals surface area (Å²) in [5, 5.41) is 31.6. The fraction of sp³-hybridized carbons (Fsp3) is 0.686. The summed E-state index contributed by atoms with van der Waals surface area (Å²) < 4.78 is 5.88. The van der Waals surface area contributed by atoms with Gasteiger partial charge in [0, 0.05) is 6.42 Å². The van der Waals surface area contributed by atoms with Crippen LogP contribution in [0.15, 0.2) is 58.3 Å². The molecule has 0 aliphatic heterocycles. The lowest BCUT2D eigenvalue weighted by Gasteiger charge is -2.44. The number of aliphatic hydroxyl groups excluding tert-OH is 3. The highest BCUT2D eigenvalue weighted by atomic mass is 16.3. The number of nitrogens with zero attached hydrogens (tertiary/aromatic N) is 1. The van der Waals surface area contributed by atoms with Crippen molar-refractivity contribution in [1.82, 2.24) is 4.98 Å². The van der Waals surface area contributed by atoms with Crippen LogP contribution in [0, 0.1) is 23.2 Å². The number of fused-ring (bicyclic) bond motifs is 1. The zero-order chi connectivity index (χ0) is 28.5. The van der Waals surface area contributed by atoms with Crippen LogP contribution < -0.4 is 0 Å². The Labute approximate surface area is 241 Å². The minimum absolute atomic E-state index is 0.243. The molecule has 0 saturated heterocycles. The summed E-state index contributed by atoms with van der Waals surface area (Å²) in [5.74, 6) is 2.24. The molecule has 5 heteroatoms. The van der Waals surface area contributed by atoms with Gasteiger partial charge in [0.25, 0.3) is 0 Å². The number of aryl methyl sites for hydroxylation is 1. The van der Waals surface area contributed by atoms with E-state index in [1.54, 1.807) is 6.26 Å². The van der Waals surface area contributed by atoms with Crippen molar-refractivity contribution in [3.05, 3.63) is 65.5 Å². The second-order valence-electron chi connectivity index (χ2n) is 13.6. The first-order chi connectivity index (χ1) is 19.2. The average molecular weight is 550 g/mol. The van der Waals surface area contributed by atoms with Crippen LogP contribution in [0.2, 0.25) is 0 Å². The highest BCUT2D eigenvalue weighted by Crippen LogP contribution is 2.60. The molecule has 1 heterocycles. The van der Waals surface area contributed by atoms with Gasteiger partial charge in [0.1, 0.15) is 6.26 Å². The van der Waals surface area contributed by atoms with E-state index in [0.29, 0.717) is 36.5 Å². The van der Waals surface area contributed by atoms with Gasteiger partial charge < -0.3 is 19.7 Å². The molecule has 5 rings (SSSR count). The maximum absolute atomic E-state index is 11.3. The zero-order valence-corrected chi connectivity index (χ0v) is 24.9. The van der Waals surface area contributed by atoms with Crippen molar-refractivity contribution in [3.8, 4) is 0 Å². The monoisotopic (exact) mass is 549 g/mol.